The van der Waals surface area contributed by atoms with Crippen LogP contribution in [0.1, 0.15) is 0 Å². The molecule has 0 N–H and O–H groups in total. The first-order chi connectivity index (χ1) is 31.7. The molecule has 0 aliphatic carbocycles. The maximum atomic E-state index is 2.50. The Morgan fingerprint density at radius 1 is 0.266 bits per heavy atom. The van der Waals surface area contributed by atoms with Gasteiger partial charge >= 0.3 is 0 Å². The predicted octanol–water partition coefficient (Wildman–Crippen LogP) is 18.3. The minimum Gasteiger partial charge on any atom is -0.310 e. The van der Waals surface area contributed by atoms with Gasteiger partial charge in [0.05, 0.1) is 5.69 Å². The molecule has 0 radical (unpaired) electrons. The summed E-state index contributed by atoms with van der Waals surface area (Å²) in [5.74, 6) is 0. The van der Waals surface area contributed by atoms with Gasteiger partial charge in [-0.05, 0) is 118 Å². The van der Waals surface area contributed by atoms with E-state index in [9.17, 15) is 0 Å². The Hall–Kier alpha value is -8.04. The van der Waals surface area contributed by atoms with E-state index < -0.39 is 0 Å². The molecule has 13 aromatic rings. The van der Waals surface area contributed by atoms with Crippen LogP contribution in [-0.2, 0) is 0 Å². The lowest BCUT2D eigenvalue weighted by Gasteiger charge is -2.29. The van der Waals surface area contributed by atoms with Crippen molar-refractivity contribution in [3.63, 3.8) is 0 Å². The monoisotopic (exact) mass is 829 g/mol. The number of fused-ring (bicyclic) bond motifs is 10. The number of thiophene rings is 1. The first kappa shape index (κ1) is 36.6. The van der Waals surface area contributed by atoms with Gasteiger partial charge < -0.3 is 4.90 Å². The van der Waals surface area contributed by atoms with E-state index in [1.165, 1.54) is 107 Å². The van der Waals surface area contributed by atoms with E-state index in [2.05, 4.69) is 241 Å². The molecule has 0 unspecified atom stereocenters. The number of benzene rings is 12. The van der Waals surface area contributed by atoms with Gasteiger partial charge in [0.1, 0.15) is 0 Å². The van der Waals surface area contributed by atoms with Crippen LogP contribution >= 0.6 is 11.3 Å². The molecular weight excluding hydrogens is 791 g/mol. The van der Waals surface area contributed by atoms with E-state index in [0.29, 0.717) is 0 Å². The van der Waals surface area contributed by atoms with Crippen LogP contribution in [0.2, 0.25) is 0 Å². The van der Waals surface area contributed by atoms with Gasteiger partial charge in [0.25, 0.3) is 0 Å². The molecule has 1 nitrogen and oxygen atoms in total. The lowest BCUT2D eigenvalue weighted by Crippen LogP contribution is -2.11. The van der Waals surface area contributed by atoms with Gasteiger partial charge in [-0.2, -0.15) is 0 Å². The van der Waals surface area contributed by atoms with E-state index >= 15 is 0 Å². The summed E-state index contributed by atoms with van der Waals surface area (Å²) >= 11 is 1.89. The van der Waals surface area contributed by atoms with Crippen molar-refractivity contribution in [1.82, 2.24) is 0 Å². The number of nitrogens with zero attached hydrogens (tertiary/aromatic N) is 1. The Morgan fingerprint density at radius 3 is 1.64 bits per heavy atom. The van der Waals surface area contributed by atoms with Crippen molar-refractivity contribution in [2.45, 2.75) is 0 Å². The summed E-state index contributed by atoms with van der Waals surface area (Å²) < 4.78 is 2.60. The third-order valence-corrected chi connectivity index (χ3v) is 14.4. The molecule has 298 valence electrons. The molecule has 0 amide bonds. The lowest BCUT2D eigenvalue weighted by molar-refractivity contribution is 1.30. The van der Waals surface area contributed by atoms with Gasteiger partial charge in [0.2, 0.25) is 0 Å². The van der Waals surface area contributed by atoms with E-state index in [1.54, 1.807) is 0 Å². The summed E-state index contributed by atoms with van der Waals surface area (Å²) in [5.41, 5.74) is 10.6. The van der Waals surface area contributed by atoms with Crippen LogP contribution in [0.15, 0.2) is 237 Å². The van der Waals surface area contributed by atoms with Crippen molar-refractivity contribution < 1.29 is 0 Å². The fourth-order valence-electron chi connectivity index (χ4n) is 10.3. The molecule has 0 spiro atoms. The van der Waals surface area contributed by atoms with Crippen molar-refractivity contribution >= 4 is 102 Å². The summed E-state index contributed by atoms with van der Waals surface area (Å²) in [6, 6.07) is 87.4. The first-order valence-electron chi connectivity index (χ1n) is 22.0. The van der Waals surface area contributed by atoms with Crippen LogP contribution in [-0.4, -0.2) is 0 Å². The minimum atomic E-state index is 1.10. The summed E-state index contributed by atoms with van der Waals surface area (Å²) in [7, 11) is 0. The molecule has 1 aromatic heterocycles. The highest BCUT2D eigenvalue weighted by atomic mass is 32.1. The molecule has 0 atom stereocenters. The molecule has 0 fully saturated rings. The molecule has 13 rings (SSSR count). The highest BCUT2D eigenvalue weighted by Gasteiger charge is 2.22. The summed E-state index contributed by atoms with van der Waals surface area (Å²) in [6.07, 6.45) is 0. The maximum Gasteiger partial charge on any atom is 0.0540 e. The highest BCUT2D eigenvalue weighted by Crippen LogP contribution is 2.48. The topological polar surface area (TPSA) is 3.24 Å². The first-order valence-corrected chi connectivity index (χ1v) is 22.8. The average Bonchev–Trinajstić information content (AvgIpc) is 3.75. The van der Waals surface area contributed by atoms with Crippen molar-refractivity contribution in [3.05, 3.63) is 237 Å². The lowest BCUT2D eigenvalue weighted by atomic mass is 9.89. The quantitative estimate of drug-likeness (QED) is 0.151. The Bertz CT molecular complexity index is 3970. The molecule has 0 aliphatic rings. The number of hydrogen-bond donors (Lipinski definition) is 0. The second-order valence-electron chi connectivity index (χ2n) is 16.8. The molecule has 64 heavy (non-hydrogen) atoms. The number of hydrogen-bond acceptors (Lipinski definition) is 2. The van der Waals surface area contributed by atoms with Crippen molar-refractivity contribution in [3.8, 4) is 33.4 Å². The van der Waals surface area contributed by atoms with Crippen molar-refractivity contribution in [2.75, 3.05) is 4.90 Å². The van der Waals surface area contributed by atoms with E-state index in [1.807, 2.05) is 11.3 Å². The van der Waals surface area contributed by atoms with E-state index in [0.717, 1.165) is 17.1 Å². The average molecular weight is 830 g/mol. The fraction of sp³-hybridized carbons (Fsp3) is 0. The molecule has 12 aromatic carbocycles. The highest BCUT2D eigenvalue weighted by molar-refractivity contribution is 7.26. The summed E-state index contributed by atoms with van der Waals surface area (Å²) in [4.78, 5) is 2.50. The second-order valence-corrected chi connectivity index (χ2v) is 17.8. The normalized spacial score (nSPS) is 11.8. The number of anilines is 3. The summed E-state index contributed by atoms with van der Waals surface area (Å²) in [6.45, 7) is 0. The van der Waals surface area contributed by atoms with Gasteiger partial charge in [-0.15, -0.1) is 11.3 Å². The second kappa shape index (κ2) is 14.8. The third-order valence-electron chi connectivity index (χ3n) is 13.2. The van der Waals surface area contributed by atoms with Crippen LogP contribution < -0.4 is 4.90 Å². The predicted molar refractivity (Wildman–Crippen MR) is 278 cm³/mol. The third kappa shape index (κ3) is 5.84. The Labute approximate surface area is 375 Å². The zero-order valence-electron chi connectivity index (χ0n) is 34.9. The molecule has 2 heteroatoms. The Kier molecular flexibility index (Phi) is 8.47. The van der Waals surface area contributed by atoms with Gasteiger partial charge in [-0.3, -0.25) is 0 Å². The van der Waals surface area contributed by atoms with Gasteiger partial charge in [-0.1, -0.05) is 200 Å². The van der Waals surface area contributed by atoms with Gasteiger partial charge in [-0.25, -0.2) is 0 Å². The van der Waals surface area contributed by atoms with Crippen molar-refractivity contribution in [1.29, 1.82) is 0 Å². The minimum absolute atomic E-state index is 1.10. The molecule has 0 bridgehead atoms. The SMILES string of the molecule is c1ccc(-c2ccc(N(c3ccc4c(c3)sc3c5ccccc5ccc43)c3ccc(-c4cc5ccccc5c5ccccc45)c4ccccc34)cc2-c2cccc3ccccc23)cc1. The molecule has 0 saturated heterocycles. The van der Waals surface area contributed by atoms with E-state index in [4.69, 9.17) is 0 Å². The van der Waals surface area contributed by atoms with E-state index in [-0.39, 0.29) is 0 Å². The Balaban J connectivity index is 1.09. The van der Waals surface area contributed by atoms with Crippen molar-refractivity contribution in [2.24, 2.45) is 0 Å². The Morgan fingerprint density at radius 2 is 0.828 bits per heavy atom. The summed E-state index contributed by atoms with van der Waals surface area (Å²) in [5, 5.41) is 15.1. The number of rotatable bonds is 6. The smallest absolute Gasteiger partial charge is 0.0540 e. The largest absolute Gasteiger partial charge is 0.310 e. The molecule has 0 aliphatic heterocycles. The van der Waals surface area contributed by atoms with Crippen LogP contribution in [0.5, 0.6) is 0 Å². The maximum absolute atomic E-state index is 2.50. The van der Waals surface area contributed by atoms with Crippen LogP contribution in [0.25, 0.3) is 107 Å². The van der Waals surface area contributed by atoms with Crippen LogP contribution in [0, 0.1) is 0 Å². The van der Waals surface area contributed by atoms with Crippen LogP contribution in [0.3, 0.4) is 0 Å². The van der Waals surface area contributed by atoms with Gasteiger partial charge in [0, 0.05) is 36.9 Å². The van der Waals surface area contributed by atoms with Gasteiger partial charge in [0.15, 0.2) is 0 Å². The zero-order chi connectivity index (χ0) is 42.1. The molecule has 0 saturated carbocycles. The zero-order valence-corrected chi connectivity index (χ0v) is 35.7. The van der Waals surface area contributed by atoms with Crippen LogP contribution in [0.4, 0.5) is 17.1 Å². The fourth-order valence-corrected chi connectivity index (χ4v) is 11.5. The standard InChI is InChI=1S/C62H39NS/c1-2-15-40(16-3-1)48-33-30-44(38-59(48)51-28-14-20-41-17-4-7-21-46(41)51)63(45-31-34-56-57-32-29-42-18-5-9-23-49(42)62(57)64-61(56)39-45)60-36-35-54(52-25-12-13-27-55(52)60)58-37-43-19-6-8-22-47(43)50-24-10-11-26-53(50)58/h1-39H. The molecular formula is C62H39NS. The molecule has 1 heterocycles.